The second-order valence-corrected chi connectivity index (χ2v) is 13.5. The Morgan fingerprint density at radius 1 is 1.27 bits per heavy atom. The SMILES string of the molecule is C[C@@H]1CN([C@H](C)CO)C(=O)c2cc(NC(=O)CCN3CCOCC3)ccc2O[C@H]1CN(C)S(=O)(=O)c1cccs1. The number of rotatable bonds is 10. The number of amides is 2. The molecule has 0 saturated carbocycles. The molecule has 1 aromatic carbocycles. The van der Waals surface area contributed by atoms with Gasteiger partial charge in [0.05, 0.1) is 38.0 Å². The fourth-order valence-corrected chi connectivity index (χ4v) is 7.13. The van der Waals surface area contributed by atoms with Crippen molar-refractivity contribution in [1.82, 2.24) is 14.1 Å². The molecule has 0 unspecified atom stereocenters. The highest BCUT2D eigenvalue weighted by Gasteiger charge is 2.35. The van der Waals surface area contributed by atoms with Crippen molar-refractivity contribution in [1.29, 1.82) is 0 Å². The van der Waals surface area contributed by atoms with Crippen LogP contribution in [0.25, 0.3) is 0 Å². The van der Waals surface area contributed by atoms with E-state index in [9.17, 15) is 23.1 Å². The van der Waals surface area contributed by atoms with Gasteiger partial charge in [-0.2, -0.15) is 4.31 Å². The summed E-state index contributed by atoms with van der Waals surface area (Å²) in [5, 5.41) is 14.5. The van der Waals surface area contributed by atoms with Gasteiger partial charge < -0.3 is 24.8 Å². The Kier molecular flexibility index (Phi) is 10.2. The van der Waals surface area contributed by atoms with Crippen molar-refractivity contribution in [2.45, 2.75) is 36.6 Å². The molecule has 1 fully saturated rings. The third-order valence-electron chi connectivity index (χ3n) is 7.30. The first-order valence-electron chi connectivity index (χ1n) is 13.4. The molecule has 0 radical (unpaired) electrons. The number of aliphatic hydroxyl groups is 1. The Hall–Kier alpha value is -2.55. The molecule has 2 N–H and O–H groups in total. The Labute approximate surface area is 239 Å². The van der Waals surface area contributed by atoms with Crippen molar-refractivity contribution in [3.05, 3.63) is 41.3 Å². The highest BCUT2D eigenvalue weighted by molar-refractivity contribution is 7.91. The first kappa shape index (κ1) is 30.4. The summed E-state index contributed by atoms with van der Waals surface area (Å²) in [6.07, 6.45) is -0.270. The molecule has 13 heteroatoms. The lowest BCUT2D eigenvalue weighted by Gasteiger charge is -2.38. The van der Waals surface area contributed by atoms with Crippen molar-refractivity contribution in [2.75, 3.05) is 64.9 Å². The molecule has 4 rings (SSSR count). The number of likely N-dealkylation sites (N-methyl/N-ethyl adjacent to an activating group) is 1. The van der Waals surface area contributed by atoms with Crippen molar-refractivity contribution in [3.8, 4) is 5.75 Å². The van der Waals surface area contributed by atoms with E-state index in [1.807, 2.05) is 6.92 Å². The lowest BCUT2D eigenvalue weighted by molar-refractivity contribution is -0.116. The first-order valence-corrected chi connectivity index (χ1v) is 15.7. The van der Waals surface area contributed by atoms with E-state index in [2.05, 4.69) is 10.2 Å². The smallest absolute Gasteiger partial charge is 0.258 e. The molecular formula is C27H38N4O7S2. The molecule has 3 heterocycles. The quantitative estimate of drug-likeness (QED) is 0.427. The molecule has 3 atom stereocenters. The van der Waals surface area contributed by atoms with E-state index < -0.39 is 22.2 Å². The van der Waals surface area contributed by atoms with E-state index in [0.717, 1.165) is 24.4 Å². The number of ether oxygens (including phenoxy) is 2. The number of aliphatic hydroxyl groups excluding tert-OH is 1. The summed E-state index contributed by atoms with van der Waals surface area (Å²) < 4.78 is 39.3. The van der Waals surface area contributed by atoms with E-state index in [4.69, 9.17) is 9.47 Å². The zero-order valence-corrected chi connectivity index (χ0v) is 24.7. The zero-order chi connectivity index (χ0) is 28.9. The summed E-state index contributed by atoms with van der Waals surface area (Å²) in [7, 11) is -2.19. The molecule has 2 aromatic rings. The van der Waals surface area contributed by atoms with Gasteiger partial charge in [0.2, 0.25) is 5.91 Å². The maximum absolute atomic E-state index is 13.6. The van der Waals surface area contributed by atoms with Crippen molar-refractivity contribution >= 4 is 38.9 Å². The van der Waals surface area contributed by atoms with Crippen molar-refractivity contribution < 1.29 is 32.6 Å². The lowest BCUT2D eigenvalue weighted by Crippen LogP contribution is -2.50. The molecule has 1 aromatic heterocycles. The molecule has 2 aliphatic rings. The number of hydrogen-bond acceptors (Lipinski definition) is 9. The second kappa shape index (κ2) is 13.4. The highest BCUT2D eigenvalue weighted by Crippen LogP contribution is 2.31. The number of morpholine rings is 1. The van der Waals surface area contributed by atoms with Gasteiger partial charge >= 0.3 is 0 Å². The highest BCUT2D eigenvalue weighted by atomic mass is 32.2. The predicted octanol–water partition coefficient (Wildman–Crippen LogP) is 1.95. The number of fused-ring (bicyclic) bond motifs is 1. The van der Waals surface area contributed by atoms with Crippen LogP contribution in [0.5, 0.6) is 5.75 Å². The van der Waals surface area contributed by atoms with Crippen LogP contribution < -0.4 is 10.1 Å². The van der Waals surface area contributed by atoms with Crippen LogP contribution in [0.3, 0.4) is 0 Å². The molecule has 40 heavy (non-hydrogen) atoms. The maximum atomic E-state index is 13.6. The predicted molar refractivity (Wildman–Crippen MR) is 152 cm³/mol. The van der Waals surface area contributed by atoms with Crippen LogP contribution in [0.1, 0.15) is 30.6 Å². The minimum Gasteiger partial charge on any atom is -0.488 e. The van der Waals surface area contributed by atoms with Crippen LogP contribution in [0.2, 0.25) is 0 Å². The van der Waals surface area contributed by atoms with Crippen molar-refractivity contribution in [3.63, 3.8) is 0 Å². The van der Waals surface area contributed by atoms with Gasteiger partial charge in [-0.25, -0.2) is 8.42 Å². The molecule has 2 amide bonds. The normalized spacial score (nSPS) is 21.3. The van der Waals surface area contributed by atoms with E-state index >= 15 is 0 Å². The molecule has 2 aliphatic heterocycles. The van der Waals surface area contributed by atoms with Gasteiger partial charge in [0.15, 0.2) is 0 Å². The average molecular weight is 595 g/mol. The maximum Gasteiger partial charge on any atom is 0.258 e. The fraction of sp³-hybridized carbons (Fsp3) is 0.556. The Balaban J connectivity index is 1.55. The minimum absolute atomic E-state index is 0.0659. The van der Waals surface area contributed by atoms with Gasteiger partial charge in [0.1, 0.15) is 16.1 Å². The van der Waals surface area contributed by atoms with Crippen LogP contribution in [-0.4, -0.2) is 111 Å². The van der Waals surface area contributed by atoms with E-state index in [0.29, 0.717) is 37.6 Å². The molecule has 0 spiro atoms. The number of benzene rings is 1. The van der Waals surface area contributed by atoms with Crippen LogP contribution in [0, 0.1) is 5.92 Å². The number of nitrogens with one attached hydrogen (secondary N) is 1. The topological polar surface area (TPSA) is 129 Å². The van der Waals surface area contributed by atoms with Crippen LogP contribution in [0.4, 0.5) is 5.69 Å². The average Bonchev–Trinajstić information content (AvgIpc) is 3.50. The number of carbonyl (C=O) groups excluding carboxylic acids is 2. The van der Waals surface area contributed by atoms with Gasteiger partial charge in [-0.3, -0.25) is 14.5 Å². The van der Waals surface area contributed by atoms with Crippen LogP contribution in [-0.2, 0) is 19.6 Å². The molecule has 220 valence electrons. The van der Waals surface area contributed by atoms with Gasteiger partial charge in [-0.15, -0.1) is 11.3 Å². The largest absolute Gasteiger partial charge is 0.488 e. The van der Waals surface area contributed by atoms with Crippen LogP contribution >= 0.6 is 11.3 Å². The minimum atomic E-state index is -3.70. The Bertz CT molecular complexity index is 1270. The van der Waals surface area contributed by atoms with Gasteiger partial charge in [0, 0.05) is 51.3 Å². The Morgan fingerprint density at radius 3 is 2.70 bits per heavy atom. The summed E-state index contributed by atoms with van der Waals surface area (Å²) in [6.45, 7) is 7.26. The molecule has 0 aliphatic carbocycles. The first-order chi connectivity index (χ1) is 19.1. The van der Waals surface area contributed by atoms with Gasteiger partial charge in [-0.05, 0) is 36.6 Å². The standard InChI is InChI=1S/C27H38N4O7S2/c1-19-16-31(20(2)18-32)27(34)22-15-21(28-25(33)8-9-30-10-12-37-13-11-30)6-7-23(22)38-24(19)17-29(3)40(35,36)26-5-4-14-39-26/h4-7,14-15,19-20,24,32H,8-13,16-18H2,1-3H3,(H,28,33)/t19-,20-,24+/m1/s1. The van der Waals surface area contributed by atoms with Gasteiger partial charge in [0.25, 0.3) is 15.9 Å². The summed E-state index contributed by atoms with van der Waals surface area (Å²) in [4.78, 5) is 30.1. The number of hydrogen-bond donors (Lipinski definition) is 2. The number of anilines is 1. The van der Waals surface area contributed by atoms with Gasteiger partial charge in [-0.1, -0.05) is 13.0 Å². The third kappa shape index (κ3) is 7.20. The number of thiophene rings is 1. The lowest BCUT2D eigenvalue weighted by atomic mass is 9.99. The zero-order valence-electron chi connectivity index (χ0n) is 23.1. The molecule has 11 nitrogen and oxygen atoms in total. The van der Waals surface area contributed by atoms with Crippen molar-refractivity contribution in [2.24, 2.45) is 5.92 Å². The van der Waals surface area contributed by atoms with E-state index in [1.54, 1.807) is 47.5 Å². The summed E-state index contributed by atoms with van der Waals surface area (Å²) >= 11 is 1.15. The van der Waals surface area contributed by atoms with E-state index in [-0.39, 0.29) is 47.2 Å². The van der Waals surface area contributed by atoms with E-state index in [1.165, 1.54) is 11.4 Å². The molecule has 0 bridgehead atoms. The fourth-order valence-electron chi connectivity index (χ4n) is 4.74. The summed E-state index contributed by atoms with van der Waals surface area (Å²) in [5.41, 5.74) is 0.703. The number of carbonyl (C=O) groups is 2. The Morgan fingerprint density at radius 2 is 2.02 bits per heavy atom. The van der Waals surface area contributed by atoms with Crippen LogP contribution in [0.15, 0.2) is 39.9 Å². The molecular weight excluding hydrogens is 556 g/mol. The number of sulfonamides is 1. The second-order valence-electron chi connectivity index (χ2n) is 10.3. The monoisotopic (exact) mass is 594 g/mol. The summed E-state index contributed by atoms with van der Waals surface area (Å²) in [5.74, 6) is -0.444. The molecule has 1 saturated heterocycles. The summed E-state index contributed by atoms with van der Waals surface area (Å²) in [6, 6.07) is 7.67. The number of nitrogens with zero attached hydrogens (tertiary/aromatic N) is 3. The third-order valence-corrected chi connectivity index (χ3v) is 10.5.